The topological polar surface area (TPSA) is 9.23 Å². The fourth-order valence-electron chi connectivity index (χ4n) is 0.789. The van der Waals surface area contributed by atoms with Crippen molar-refractivity contribution in [1.29, 1.82) is 0 Å². The van der Waals surface area contributed by atoms with Crippen LogP contribution in [0.25, 0.3) is 0 Å². The summed E-state index contributed by atoms with van der Waals surface area (Å²) in [5.41, 5.74) is 0.664. The fraction of sp³-hybridized carbons (Fsp3) is 0.250. The highest BCUT2D eigenvalue weighted by Gasteiger charge is 2.32. The van der Waals surface area contributed by atoms with Gasteiger partial charge < -0.3 is 0 Å². The minimum absolute atomic E-state index is 0.664. The van der Waals surface area contributed by atoms with Crippen LogP contribution in [0, 0.1) is 0 Å². The minimum Gasteiger partial charge on any atom is -0.280 e. The fourth-order valence-corrected chi connectivity index (χ4v) is 0.789. The molecule has 0 aliphatic heterocycles. The van der Waals surface area contributed by atoms with E-state index in [0.29, 0.717) is 5.57 Å². The van der Waals surface area contributed by atoms with Crippen molar-refractivity contribution in [3.05, 3.63) is 36.5 Å². The third-order valence-electron chi connectivity index (χ3n) is 1.27. The molecule has 4 heteroatoms. The zero-order valence-electron chi connectivity index (χ0n) is 6.14. The van der Waals surface area contributed by atoms with Gasteiger partial charge in [-0.2, -0.15) is 0 Å². The highest BCUT2D eigenvalue weighted by atomic mass is 19.4. The lowest BCUT2D eigenvalue weighted by Crippen LogP contribution is -2.21. The van der Waals surface area contributed by atoms with E-state index in [1.54, 1.807) is 0 Å². The molecule has 0 aromatic rings. The first-order valence-corrected chi connectivity index (χ1v) is 3.27. The van der Waals surface area contributed by atoms with Crippen molar-refractivity contribution in [2.75, 3.05) is 0 Å². The van der Waals surface area contributed by atoms with Crippen LogP contribution in [0.1, 0.15) is 0 Å². The number of rotatable bonds is 1. The Morgan fingerprint density at radius 1 is 1.25 bits per heavy atom. The number of alkyl halides is 3. The van der Waals surface area contributed by atoms with Crippen LogP contribution in [0.5, 0.6) is 0 Å². The largest absolute Gasteiger partial charge is 0.523 e. The van der Waals surface area contributed by atoms with Crippen LogP contribution in [-0.4, -0.2) is 12.5 Å². The molecule has 1 rings (SSSR count). The Bertz CT molecular complexity index is 221. The number of ether oxygens (including phenoxy) is 1. The molecule has 0 saturated heterocycles. The van der Waals surface area contributed by atoms with E-state index < -0.39 is 12.5 Å². The second-order valence-corrected chi connectivity index (χ2v) is 2.32. The summed E-state index contributed by atoms with van der Waals surface area (Å²) in [6, 6.07) is 0. The molecule has 0 bridgehead atoms. The molecule has 0 fully saturated rings. The molecule has 0 unspecified atom stereocenters. The van der Waals surface area contributed by atoms with Gasteiger partial charge in [-0.15, -0.1) is 13.2 Å². The minimum atomic E-state index is -4.59. The van der Waals surface area contributed by atoms with Gasteiger partial charge in [0.2, 0.25) is 0 Å². The molecule has 1 nitrogen and oxygen atoms in total. The Morgan fingerprint density at radius 2 is 1.75 bits per heavy atom. The normalized spacial score (nSPS) is 18.8. The van der Waals surface area contributed by atoms with E-state index in [2.05, 4.69) is 11.3 Å². The van der Waals surface area contributed by atoms with E-state index in [4.69, 9.17) is 0 Å². The summed E-state index contributed by atoms with van der Waals surface area (Å²) in [4.78, 5) is 0. The number of hydrogen-bond donors (Lipinski definition) is 0. The first kappa shape index (κ1) is 9.06. The Hall–Kier alpha value is -1.03. The van der Waals surface area contributed by atoms with Gasteiger partial charge >= 0.3 is 6.36 Å². The van der Waals surface area contributed by atoms with Crippen molar-refractivity contribution in [2.45, 2.75) is 12.5 Å². The molecule has 0 heterocycles. The highest BCUT2D eigenvalue weighted by Crippen LogP contribution is 2.21. The van der Waals surface area contributed by atoms with Crippen LogP contribution in [0.3, 0.4) is 0 Å². The van der Waals surface area contributed by atoms with E-state index in [9.17, 15) is 13.2 Å². The quantitative estimate of drug-likeness (QED) is 0.596. The zero-order valence-corrected chi connectivity index (χ0v) is 6.14. The molecular weight excluding hydrogens is 169 g/mol. The van der Waals surface area contributed by atoms with Crippen LogP contribution in [0.15, 0.2) is 36.5 Å². The number of halogens is 3. The lowest BCUT2D eigenvalue weighted by Gasteiger charge is -2.14. The van der Waals surface area contributed by atoms with Gasteiger partial charge in [-0.1, -0.05) is 30.9 Å². The maximum absolute atomic E-state index is 11.6. The highest BCUT2D eigenvalue weighted by molar-refractivity contribution is 5.33. The van der Waals surface area contributed by atoms with E-state index in [0.717, 1.165) is 0 Å². The monoisotopic (exact) mass is 176 g/mol. The van der Waals surface area contributed by atoms with E-state index >= 15 is 0 Å². The Balaban J connectivity index is 2.52. The van der Waals surface area contributed by atoms with Gasteiger partial charge in [0, 0.05) is 0 Å². The Kier molecular flexibility index (Phi) is 2.38. The Morgan fingerprint density at radius 3 is 2.17 bits per heavy atom. The molecular formula is C8H7F3O. The van der Waals surface area contributed by atoms with Crippen LogP contribution in [-0.2, 0) is 4.74 Å². The third-order valence-corrected chi connectivity index (χ3v) is 1.27. The summed E-state index contributed by atoms with van der Waals surface area (Å²) in [5, 5.41) is 0. The van der Waals surface area contributed by atoms with Gasteiger partial charge in [-0.05, 0) is 5.57 Å². The lowest BCUT2D eigenvalue weighted by atomic mass is 10.1. The third kappa shape index (κ3) is 2.92. The molecule has 66 valence electrons. The van der Waals surface area contributed by atoms with Crippen molar-refractivity contribution in [3.63, 3.8) is 0 Å². The average molecular weight is 176 g/mol. The maximum atomic E-state index is 11.6. The van der Waals surface area contributed by atoms with Crippen molar-refractivity contribution >= 4 is 0 Å². The second-order valence-electron chi connectivity index (χ2n) is 2.32. The smallest absolute Gasteiger partial charge is 0.280 e. The number of hydrogen-bond acceptors (Lipinski definition) is 1. The molecule has 0 saturated carbocycles. The Labute approximate surface area is 67.8 Å². The lowest BCUT2D eigenvalue weighted by molar-refractivity contribution is -0.330. The van der Waals surface area contributed by atoms with Crippen molar-refractivity contribution < 1.29 is 17.9 Å². The zero-order chi connectivity index (χ0) is 9.19. The van der Waals surface area contributed by atoms with Gasteiger partial charge in [0.25, 0.3) is 0 Å². The van der Waals surface area contributed by atoms with Crippen molar-refractivity contribution in [2.24, 2.45) is 0 Å². The molecule has 0 amide bonds. The van der Waals surface area contributed by atoms with Crippen LogP contribution >= 0.6 is 0 Å². The summed E-state index contributed by atoms with van der Waals surface area (Å²) >= 11 is 0. The summed E-state index contributed by atoms with van der Waals surface area (Å²) in [7, 11) is 0. The van der Waals surface area contributed by atoms with Gasteiger partial charge in [0.1, 0.15) is 6.10 Å². The van der Waals surface area contributed by atoms with Crippen LogP contribution in [0.2, 0.25) is 0 Å². The summed E-state index contributed by atoms with van der Waals surface area (Å²) in [5.74, 6) is 0. The SMILES string of the molecule is C=C1C=CC(OC(F)(F)F)C=C1. The summed E-state index contributed by atoms with van der Waals surface area (Å²) in [6.45, 7) is 3.53. The second kappa shape index (κ2) is 3.15. The average Bonchev–Trinajstić information content (AvgIpc) is 1.91. The molecule has 0 spiro atoms. The molecule has 0 aromatic carbocycles. The predicted molar refractivity (Wildman–Crippen MR) is 38.3 cm³/mol. The van der Waals surface area contributed by atoms with Crippen molar-refractivity contribution in [3.8, 4) is 0 Å². The first-order chi connectivity index (χ1) is 5.47. The van der Waals surface area contributed by atoms with Crippen LogP contribution < -0.4 is 0 Å². The summed E-state index contributed by atoms with van der Waals surface area (Å²) in [6.07, 6.45) is -0.0354. The molecule has 0 N–H and O–H groups in total. The molecule has 0 aromatic heterocycles. The summed E-state index contributed by atoms with van der Waals surface area (Å²) < 4.78 is 38.6. The van der Waals surface area contributed by atoms with Gasteiger partial charge in [-0.25, -0.2) is 0 Å². The van der Waals surface area contributed by atoms with Crippen LogP contribution in [0.4, 0.5) is 13.2 Å². The maximum Gasteiger partial charge on any atom is 0.523 e. The molecule has 12 heavy (non-hydrogen) atoms. The van der Waals surface area contributed by atoms with Gasteiger partial charge in [-0.3, -0.25) is 4.74 Å². The van der Waals surface area contributed by atoms with Crippen molar-refractivity contribution in [1.82, 2.24) is 0 Å². The first-order valence-electron chi connectivity index (χ1n) is 3.27. The van der Waals surface area contributed by atoms with Gasteiger partial charge in [0.05, 0.1) is 0 Å². The molecule has 0 atom stereocenters. The predicted octanol–water partition coefficient (Wildman–Crippen LogP) is 2.57. The van der Waals surface area contributed by atoms with Gasteiger partial charge in [0.15, 0.2) is 0 Å². The molecule has 0 radical (unpaired) electrons. The molecule has 1 aliphatic rings. The standard InChI is InChI=1S/C8H7F3O/c1-6-2-4-7(5-3-6)12-8(9,10)11/h2-5,7H,1H2. The number of allylic oxidation sites excluding steroid dienone is 3. The van der Waals surface area contributed by atoms with E-state index in [1.807, 2.05) is 0 Å². The molecule has 1 aliphatic carbocycles. The van der Waals surface area contributed by atoms with E-state index in [-0.39, 0.29) is 0 Å². The van der Waals surface area contributed by atoms with E-state index in [1.165, 1.54) is 24.3 Å².